The van der Waals surface area contributed by atoms with Crippen LogP contribution in [0.15, 0.2) is 79.3 Å². The molecule has 1 aliphatic carbocycles. The number of piperazine rings is 1. The second-order valence-electron chi connectivity index (χ2n) is 16.3. The second kappa shape index (κ2) is 17.7. The molecule has 1 unspecified atom stereocenters. The summed E-state index contributed by atoms with van der Waals surface area (Å²) in [4.78, 5) is 43.3. The van der Waals surface area contributed by atoms with E-state index < -0.39 is 11.7 Å². The van der Waals surface area contributed by atoms with Crippen molar-refractivity contribution in [2.24, 2.45) is 0 Å². The molecule has 0 radical (unpaired) electrons. The molecule has 58 heavy (non-hydrogen) atoms. The van der Waals surface area contributed by atoms with E-state index in [2.05, 4.69) is 85.7 Å². The maximum absolute atomic E-state index is 14.6. The van der Waals surface area contributed by atoms with Crippen LogP contribution in [-0.2, 0) is 17.8 Å². The quantitative estimate of drug-likeness (QED) is 0.119. The first-order chi connectivity index (χ1) is 28.1. The number of morpholine rings is 1. The minimum absolute atomic E-state index is 0.0239. The maximum atomic E-state index is 14.6. The van der Waals surface area contributed by atoms with Gasteiger partial charge in [0.05, 0.1) is 36.8 Å². The van der Waals surface area contributed by atoms with Gasteiger partial charge in [0.15, 0.2) is 0 Å². The molecule has 304 valence electrons. The summed E-state index contributed by atoms with van der Waals surface area (Å²) in [5.74, 6) is -0.734. The number of nitrogens with one attached hydrogen (secondary N) is 4. The number of hydrogen-bond acceptors (Lipinski definition) is 9. The first-order valence-electron chi connectivity index (χ1n) is 20.5. The Morgan fingerprint density at radius 2 is 1.62 bits per heavy atom. The number of carbonyl (C=O) groups excluding carboxylic acids is 2. The molecule has 0 spiro atoms. The Morgan fingerprint density at radius 3 is 2.38 bits per heavy atom. The Labute approximate surface area is 338 Å². The predicted octanol–water partition coefficient (Wildman–Crippen LogP) is 6.43. The van der Waals surface area contributed by atoms with E-state index in [0.717, 1.165) is 55.6 Å². The van der Waals surface area contributed by atoms with Gasteiger partial charge in [0.1, 0.15) is 22.6 Å². The van der Waals surface area contributed by atoms with Crippen molar-refractivity contribution in [2.45, 2.75) is 89.8 Å². The molecule has 5 aromatic rings. The zero-order valence-electron chi connectivity index (χ0n) is 33.5. The minimum Gasteiger partial charge on any atom is -0.438 e. The van der Waals surface area contributed by atoms with Gasteiger partial charge in [-0.2, -0.15) is 0 Å². The number of imidazole rings is 1. The average Bonchev–Trinajstić information content (AvgIpc) is 3.70. The molecular weight excluding hydrogens is 736 g/mol. The molecule has 2 aromatic heterocycles. The number of fused-ring (bicyclic) bond motifs is 1. The number of ether oxygens (including phenoxy) is 2. The first kappa shape index (κ1) is 39.6. The summed E-state index contributed by atoms with van der Waals surface area (Å²) >= 11 is 0. The van der Waals surface area contributed by atoms with Gasteiger partial charge in [-0.3, -0.25) is 19.4 Å². The Hall–Kier alpha value is -5.21. The van der Waals surface area contributed by atoms with Crippen LogP contribution in [0.25, 0.3) is 22.2 Å². The van der Waals surface area contributed by atoms with E-state index in [1.165, 1.54) is 17.2 Å². The van der Waals surface area contributed by atoms with Gasteiger partial charge in [0, 0.05) is 62.9 Å². The van der Waals surface area contributed by atoms with Crippen LogP contribution < -0.4 is 20.7 Å². The lowest BCUT2D eigenvalue weighted by Crippen LogP contribution is -2.53. The van der Waals surface area contributed by atoms with E-state index >= 15 is 0 Å². The van der Waals surface area contributed by atoms with Crippen LogP contribution in [0.5, 0.6) is 11.6 Å². The lowest BCUT2D eigenvalue weighted by atomic mass is 9.90. The summed E-state index contributed by atoms with van der Waals surface area (Å²) in [6.07, 6.45) is 5.33. The molecule has 12 nitrogen and oxygen atoms in total. The van der Waals surface area contributed by atoms with Crippen molar-refractivity contribution in [1.29, 1.82) is 0 Å². The van der Waals surface area contributed by atoms with E-state index in [4.69, 9.17) is 9.47 Å². The number of nitrogens with zero attached hydrogens (tertiary/aromatic N) is 4. The number of amides is 2. The van der Waals surface area contributed by atoms with Gasteiger partial charge in [0.2, 0.25) is 5.88 Å². The van der Waals surface area contributed by atoms with Gasteiger partial charge in [0.25, 0.3) is 11.8 Å². The van der Waals surface area contributed by atoms with Crippen LogP contribution in [0.4, 0.5) is 4.39 Å². The van der Waals surface area contributed by atoms with Gasteiger partial charge in [-0.15, -0.1) is 0 Å². The molecule has 0 bridgehead atoms. The normalized spacial score (nSPS) is 23.1. The predicted molar refractivity (Wildman–Crippen MR) is 221 cm³/mol. The van der Waals surface area contributed by atoms with Crippen LogP contribution in [0.3, 0.4) is 0 Å². The average molecular weight is 789 g/mol. The number of carbonyl (C=O) groups is 2. The highest BCUT2D eigenvalue weighted by Crippen LogP contribution is 2.33. The van der Waals surface area contributed by atoms with Crippen LogP contribution >= 0.6 is 0 Å². The fourth-order valence-electron chi connectivity index (χ4n) is 8.77. The number of benzene rings is 3. The van der Waals surface area contributed by atoms with Crippen molar-refractivity contribution in [3.8, 4) is 22.8 Å². The second-order valence-corrected chi connectivity index (χ2v) is 16.3. The van der Waals surface area contributed by atoms with Gasteiger partial charge in [-0.1, -0.05) is 36.4 Å². The molecule has 4 heterocycles. The number of para-hydroxylation sites is 1. The Morgan fingerprint density at radius 1 is 0.879 bits per heavy atom. The van der Waals surface area contributed by atoms with Crippen LogP contribution in [0.2, 0.25) is 0 Å². The van der Waals surface area contributed by atoms with Crippen molar-refractivity contribution < 1.29 is 23.5 Å². The highest BCUT2D eigenvalue weighted by Gasteiger charge is 2.27. The summed E-state index contributed by atoms with van der Waals surface area (Å²) in [5.41, 5.74) is 6.57. The molecule has 1 saturated carbocycles. The molecule has 3 aromatic carbocycles. The standard InChI is InChI=1S/C45H53FN8O4/c1-28-22-53(23-29(2)50-28)24-31-10-15-38(33(18-31)25-54-16-17-57-26-30(54)3)32-6-4-7-37(19-32)58-45-40(20-34(46)21-47-45)44(56)52-36-13-11-35(12-14-36)51-43(55)39-8-5-9-41-42(39)49-27-48-41/h4-10,15,18-21,27-30,35-36,50H,11-14,16-17,22-26H2,1-3H3,(H,48,49)(H,51,55)(H,52,56)/t28-,29+,30?,35?,36?. The molecule has 3 fully saturated rings. The first-order valence-corrected chi connectivity index (χ1v) is 20.5. The zero-order chi connectivity index (χ0) is 40.2. The Balaban J connectivity index is 0.949. The number of rotatable bonds is 11. The monoisotopic (exact) mass is 788 g/mol. The van der Waals surface area contributed by atoms with Crippen LogP contribution in [0.1, 0.15) is 78.3 Å². The van der Waals surface area contributed by atoms with Crippen molar-refractivity contribution in [3.63, 3.8) is 0 Å². The molecule has 3 atom stereocenters. The van der Waals surface area contributed by atoms with Crippen molar-refractivity contribution in [3.05, 3.63) is 107 Å². The molecule has 2 amide bonds. The minimum atomic E-state index is -0.628. The van der Waals surface area contributed by atoms with Gasteiger partial charge < -0.3 is 30.4 Å². The number of aromatic amines is 1. The molecule has 2 aliphatic heterocycles. The molecule has 8 rings (SSSR count). The fraction of sp³-hybridized carbons (Fsp3) is 0.422. The summed E-state index contributed by atoms with van der Waals surface area (Å²) < 4.78 is 26.7. The van der Waals surface area contributed by atoms with Gasteiger partial charge >= 0.3 is 0 Å². The summed E-state index contributed by atoms with van der Waals surface area (Å²) in [7, 11) is 0. The highest BCUT2D eigenvalue weighted by molar-refractivity contribution is 6.04. The number of pyridine rings is 1. The van der Waals surface area contributed by atoms with Crippen LogP contribution in [0, 0.1) is 5.82 Å². The third-order valence-electron chi connectivity index (χ3n) is 11.6. The lowest BCUT2D eigenvalue weighted by Gasteiger charge is -2.36. The van der Waals surface area contributed by atoms with Gasteiger partial charge in [-0.05, 0) is 99.0 Å². The van der Waals surface area contributed by atoms with E-state index in [1.54, 1.807) is 12.4 Å². The zero-order valence-corrected chi connectivity index (χ0v) is 33.5. The fourth-order valence-corrected chi connectivity index (χ4v) is 8.77. The molecule has 13 heteroatoms. The Kier molecular flexibility index (Phi) is 12.1. The maximum Gasteiger partial charge on any atom is 0.257 e. The van der Waals surface area contributed by atoms with Crippen molar-refractivity contribution in [2.75, 3.05) is 32.8 Å². The molecular formula is C45H53FN8O4. The molecule has 2 saturated heterocycles. The number of hydrogen-bond donors (Lipinski definition) is 4. The summed E-state index contributed by atoms with van der Waals surface area (Å²) in [6.45, 7) is 12.7. The largest absolute Gasteiger partial charge is 0.438 e. The lowest BCUT2D eigenvalue weighted by molar-refractivity contribution is -0.00431. The highest BCUT2D eigenvalue weighted by atomic mass is 19.1. The van der Waals surface area contributed by atoms with E-state index in [9.17, 15) is 14.0 Å². The van der Waals surface area contributed by atoms with Crippen LogP contribution in [-0.4, -0.2) is 99.6 Å². The SMILES string of the molecule is CC1COCCN1Cc1cc(CN2C[C@@H](C)N[C@@H](C)C2)ccc1-c1cccc(Oc2ncc(F)cc2C(=O)NC2CCC(NC(=O)c3cccc4[nH]cnc34)CC2)c1. The van der Waals surface area contributed by atoms with E-state index in [1.807, 2.05) is 30.3 Å². The van der Waals surface area contributed by atoms with E-state index in [-0.39, 0.29) is 29.4 Å². The Bertz CT molecular complexity index is 2230. The topological polar surface area (TPSA) is 137 Å². The third kappa shape index (κ3) is 9.39. The van der Waals surface area contributed by atoms with Crippen molar-refractivity contribution in [1.82, 2.24) is 40.7 Å². The van der Waals surface area contributed by atoms with Crippen molar-refractivity contribution >= 4 is 22.8 Å². The smallest absolute Gasteiger partial charge is 0.257 e. The van der Waals surface area contributed by atoms with Gasteiger partial charge in [-0.25, -0.2) is 14.4 Å². The molecule has 4 N–H and O–H groups in total. The summed E-state index contributed by atoms with van der Waals surface area (Å²) in [6, 6.07) is 22.2. The van der Waals surface area contributed by atoms with E-state index in [0.29, 0.717) is 73.9 Å². The third-order valence-corrected chi connectivity index (χ3v) is 11.6. The molecule has 3 aliphatic rings. The number of H-pyrrole nitrogens is 1. The number of aromatic nitrogens is 3. The summed E-state index contributed by atoms with van der Waals surface area (Å²) in [5, 5.41) is 9.83. The number of halogens is 1.